The summed E-state index contributed by atoms with van der Waals surface area (Å²) in [5.74, 6) is -0.924. The first-order chi connectivity index (χ1) is 11.0. The maximum atomic E-state index is 13.8. The molecule has 1 amide bonds. The summed E-state index contributed by atoms with van der Waals surface area (Å²) in [5, 5.41) is 7.57. The van der Waals surface area contributed by atoms with Crippen molar-refractivity contribution in [3.8, 4) is 0 Å². The minimum Gasteiger partial charge on any atom is -0.319 e. The van der Waals surface area contributed by atoms with Gasteiger partial charge >= 0.3 is 0 Å². The molecule has 2 heterocycles. The molecule has 118 valence electrons. The highest BCUT2D eigenvalue weighted by Gasteiger charge is 2.13. The summed E-state index contributed by atoms with van der Waals surface area (Å²) in [4.78, 5) is 16.6. The standard InChI is InChI=1S/C16H14BrFN4O/c1-9(2)22-15-10(8-20-22)5-11(7-19-15)16(23)21-14-4-3-12(17)6-13(14)18/h3-9H,1-2H3,(H,21,23). The number of carbonyl (C=O) groups is 1. The molecule has 0 fully saturated rings. The van der Waals surface area contributed by atoms with Crippen LogP contribution >= 0.6 is 15.9 Å². The second-order valence-corrected chi connectivity index (χ2v) is 6.31. The molecule has 3 rings (SSSR count). The Morgan fingerprint density at radius 3 is 2.78 bits per heavy atom. The molecule has 0 bridgehead atoms. The van der Waals surface area contributed by atoms with E-state index in [4.69, 9.17) is 0 Å². The highest BCUT2D eigenvalue weighted by atomic mass is 79.9. The largest absolute Gasteiger partial charge is 0.319 e. The molecule has 0 saturated heterocycles. The third-order valence-electron chi connectivity index (χ3n) is 3.36. The van der Waals surface area contributed by atoms with Crippen molar-refractivity contribution in [3.63, 3.8) is 0 Å². The molecular formula is C16H14BrFN4O. The van der Waals surface area contributed by atoms with Crippen LogP contribution in [0.25, 0.3) is 11.0 Å². The number of aromatic nitrogens is 3. The molecule has 0 spiro atoms. The maximum absolute atomic E-state index is 13.8. The number of carbonyl (C=O) groups excluding carboxylic acids is 1. The van der Waals surface area contributed by atoms with Crippen LogP contribution in [-0.4, -0.2) is 20.7 Å². The summed E-state index contributed by atoms with van der Waals surface area (Å²) in [6.07, 6.45) is 3.13. The van der Waals surface area contributed by atoms with Crippen molar-refractivity contribution < 1.29 is 9.18 Å². The fraction of sp³-hybridized carbons (Fsp3) is 0.188. The van der Waals surface area contributed by atoms with Gasteiger partial charge in [0, 0.05) is 22.1 Å². The quantitative estimate of drug-likeness (QED) is 0.746. The van der Waals surface area contributed by atoms with Gasteiger partial charge in [-0.1, -0.05) is 15.9 Å². The molecule has 2 aromatic heterocycles. The average molecular weight is 377 g/mol. The van der Waals surface area contributed by atoms with E-state index in [1.807, 2.05) is 13.8 Å². The van der Waals surface area contributed by atoms with Crippen LogP contribution in [0, 0.1) is 5.82 Å². The Kier molecular flexibility index (Phi) is 4.12. The topological polar surface area (TPSA) is 59.8 Å². The van der Waals surface area contributed by atoms with Crippen LogP contribution in [0.3, 0.4) is 0 Å². The van der Waals surface area contributed by atoms with Crippen molar-refractivity contribution >= 4 is 38.6 Å². The zero-order valence-corrected chi connectivity index (χ0v) is 14.1. The van der Waals surface area contributed by atoms with Crippen molar-refractivity contribution in [1.82, 2.24) is 14.8 Å². The normalized spacial score (nSPS) is 11.2. The van der Waals surface area contributed by atoms with Crippen LogP contribution in [-0.2, 0) is 0 Å². The zero-order valence-electron chi connectivity index (χ0n) is 12.5. The van der Waals surface area contributed by atoms with Gasteiger partial charge in [0.1, 0.15) is 5.82 Å². The minimum absolute atomic E-state index is 0.121. The second kappa shape index (κ2) is 6.08. The molecule has 3 aromatic rings. The molecule has 0 aliphatic carbocycles. The van der Waals surface area contributed by atoms with Crippen LogP contribution in [0.2, 0.25) is 0 Å². The number of fused-ring (bicyclic) bond motifs is 1. The van der Waals surface area contributed by atoms with Gasteiger partial charge < -0.3 is 5.32 Å². The van der Waals surface area contributed by atoms with Gasteiger partial charge in [-0.3, -0.25) is 4.79 Å². The van der Waals surface area contributed by atoms with E-state index in [1.165, 1.54) is 18.3 Å². The minimum atomic E-state index is -0.505. The Hall–Kier alpha value is -2.28. The number of hydrogen-bond acceptors (Lipinski definition) is 3. The van der Waals surface area contributed by atoms with E-state index in [0.717, 1.165) is 5.39 Å². The Morgan fingerprint density at radius 2 is 2.09 bits per heavy atom. The molecule has 0 radical (unpaired) electrons. The summed E-state index contributed by atoms with van der Waals surface area (Å²) < 4.78 is 16.2. The molecule has 5 nitrogen and oxygen atoms in total. The van der Waals surface area contributed by atoms with E-state index >= 15 is 0 Å². The van der Waals surface area contributed by atoms with Crippen LogP contribution < -0.4 is 5.32 Å². The van der Waals surface area contributed by atoms with Gasteiger partial charge in [0.2, 0.25) is 0 Å². The van der Waals surface area contributed by atoms with Gasteiger partial charge in [-0.05, 0) is 38.1 Å². The van der Waals surface area contributed by atoms with Crippen LogP contribution in [0.15, 0.2) is 41.1 Å². The molecular weight excluding hydrogens is 363 g/mol. The van der Waals surface area contributed by atoms with E-state index in [0.29, 0.717) is 15.7 Å². The van der Waals surface area contributed by atoms with Gasteiger partial charge in [0.15, 0.2) is 5.65 Å². The lowest BCUT2D eigenvalue weighted by Gasteiger charge is -2.08. The van der Waals surface area contributed by atoms with Crippen molar-refractivity contribution in [2.24, 2.45) is 0 Å². The SMILES string of the molecule is CC(C)n1ncc2cc(C(=O)Nc3ccc(Br)cc3F)cnc21. The predicted molar refractivity (Wildman–Crippen MR) is 90.0 cm³/mol. The van der Waals surface area contributed by atoms with Crippen molar-refractivity contribution in [2.45, 2.75) is 19.9 Å². The number of rotatable bonds is 3. The number of hydrogen-bond donors (Lipinski definition) is 1. The number of halogens is 2. The second-order valence-electron chi connectivity index (χ2n) is 5.40. The van der Waals surface area contributed by atoms with Gasteiger partial charge in [-0.25, -0.2) is 14.1 Å². The number of anilines is 1. The van der Waals surface area contributed by atoms with E-state index in [2.05, 4.69) is 31.3 Å². The lowest BCUT2D eigenvalue weighted by molar-refractivity contribution is 0.102. The third-order valence-corrected chi connectivity index (χ3v) is 3.86. The molecule has 23 heavy (non-hydrogen) atoms. The molecule has 0 unspecified atom stereocenters. The van der Waals surface area contributed by atoms with Crippen molar-refractivity contribution in [2.75, 3.05) is 5.32 Å². The van der Waals surface area contributed by atoms with E-state index in [1.54, 1.807) is 23.0 Å². The maximum Gasteiger partial charge on any atom is 0.257 e. The summed E-state index contributed by atoms with van der Waals surface area (Å²) in [7, 11) is 0. The van der Waals surface area contributed by atoms with Crippen LogP contribution in [0.4, 0.5) is 10.1 Å². The first kappa shape index (κ1) is 15.6. The molecule has 0 saturated carbocycles. The molecule has 0 aliphatic rings. The monoisotopic (exact) mass is 376 g/mol. The first-order valence-corrected chi connectivity index (χ1v) is 7.84. The number of amides is 1. The highest BCUT2D eigenvalue weighted by Crippen LogP contribution is 2.21. The number of nitrogens with zero attached hydrogens (tertiary/aromatic N) is 3. The zero-order chi connectivity index (χ0) is 16.6. The Bertz CT molecular complexity index is 891. The van der Waals surface area contributed by atoms with E-state index in [9.17, 15) is 9.18 Å². The predicted octanol–water partition coefficient (Wildman–Crippen LogP) is 4.17. The van der Waals surface area contributed by atoms with Gasteiger partial charge in [-0.2, -0.15) is 5.10 Å². The Balaban J connectivity index is 1.89. The van der Waals surface area contributed by atoms with Crippen LogP contribution in [0.5, 0.6) is 0 Å². The molecule has 7 heteroatoms. The molecule has 0 atom stereocenters. The average Bonchev–Trinajstić information content (AvgIpc) is 2.93. The number of pyridine rings is 1. The van der Waals surface area contributed by atoms with E-state index in [-0.39, 0.29) is 11.7 Å². The summed E-state index contributed by atoms with van der Waals surface area (Å²) in [6.45, 7) is 4.01. The first-order valence-electron chi connectivity index (χ1n) is 7.05. The third kappa shape index (κ3) is 3.10. The van der Waals surface area contributed by atoms with Gasteiger partial charge in [0.05, 0.1) is 17.4 Å². The van der Waals surface area contributed by atoms with E-state index < -0.39 is 11.7 Å². The van der Waals surface area contributed by atoms with Gasteiger partial charge in [0.25, 0.3) is 5.91 Å². The van der Waals surface area contributed by atoms with Gasteiger partial charge in [-0.15, -0.1) is 0 Å². The molecule has 1 N–H and O–H groups in total. The highest BCUT2D eigenvalue weighted by molar-refractivity contribution is 9.10. The number of benzene rings is 1. The summed E-state index contributed by atoms with van der Waals surface area (Å²) in [6, 6.07) is 6.33. The Morgan fingerprint density at radius 1 is 1.30 bits per heavy atom. The van der Waals surface area contributed by atoms with Crippen LogP contribution in [0.1, 0.15) is 30.2 Å². The van der Waals surface area contributed by atoms with Crippen molar-refractivity contribution in [1.29, 1.82) is 0 Å². The summed E-state index contributed by atoms with van der Waals surface area (Å²) >= 11 is 3.18. The fourth-order valence-electron chi connectivity index (χ4n) is 2.23. The molecule has 1 aromatic carbocycles. The lowest BCUT2D eigenvalue weighted by atomic mass is 10.2. The molecule has 0 aliphatic heterocycles. The smallest absolute Gasteiger partial charge is 0.257 e. The lowest BCUT2D eigenvalue weighted by Crippen LogP contribution is -2.13. The Labute approximate surface area is 140 Å². The fourth-order valence-corrected chi connectivity index (χ4v) is 2.56. The van der Waals surface area contributed by atoms with Crippen molar-refractivity contribution in [3.05, 3.63) is 52.5 Å². The number of nitrogens with one attached hydrogen (secondary N) is 1. The summed E-state index contributed by atoms with van der Waals surface area (Å²) in [5.41, 5.74) is 1.19.